The molecule has 2 aromatic rings. The summed E-state index contributed by atoms with van der Waals surface area (Å²) in [6, 6.07) is 10.5. The molecule has 0 radical (unpaired) electrons. The average Bonchev–Trinajstić information content (AvgIpc) is 3.28. The fraction of sp³-hybridized carbons (Fsp3) is 0.526. The second-order valence-electron chi connectivity index (χ2n) is 7.32. The molecule has 4 rings (SSSR count). The highest BCUT2D eigenvalue weighted by Crippen LogP contribution is 2.49. The van der Waals surface area contributed by atoms with Crippen molar-refractivity contribution in [2.45, 2.75) is 39.3 Å². The number of nitrogens with one attached hydrogen (secondary N) is 1. The predicted molar refractivity (Wildman–Crippen MR) is 92.4 cm³/mol. The van der Waals surface area contributed by atoms with Gasteiger partial charge >= 0.3 is 0 Å². The van der Waals surface area contributed by atoms with Crippen LogP contribution in [0.3, 0.4) is 0 Å². The van der Waals surface area contributed by atoms with E-state index < -0.39 is 0 Å². The van der Waals surface area contributed by atoms with Gasteiger partial charge in [0.1, 0.15) is 0 Å². The third-order valence-electron chi connectivity index (χ3n) is 5.61. The Hall–Kier alpha value is -2.21. The van der Waals surface area contributed by atoms with Crippen molar-refractivity contribution in [2.75, 3.05) is 13.1 Å². The van der Waals surface area contributed by atoms with Crippen molar-refractivity contribution in [3.05, 3.63) is 47.6 Å². The highest BCUT2D eigenvalue weighted by atomic mass is 16.5. The second-order valence-corrected chi connectivity index (χ2v) is 7.32. The molecule has 1 aliphatic heterocycles. The summed E-state index contributed by atoms with van der Waals surface area (Å²) < 4.78 is 5.10. The SMILES string of the molecule is Cc1noc(CNC(=O)[C@@]23CCC[C@@H]2CN(Cc2ccccc2)C3)n1. The lowest BCUT2D eigenvalue weighted by Gasteiger charge is -2.27. The van der Waals surface area contributed by atoms with Gasteiger partial charge in [0.2, 0.25) is 11.8 Å². The van der Waals surface area contributed by atoms with E-state index in [0.29, 0.717) is 24.2 Å². The highest BCUT2D eigenvalue weighted by Gasteiger charge is 2.54. The summed E-state index contributed by atoms with van der Waals surface area (Å²) in [6.07, 6.45) is 3.24. The monoisotopic (exact) mass is 340 g/mol. The molecule has 1 aromatic heterocycles. The van der Waals surface area contributed by atoms with Crippen LogP contribution in [0.15, 0.2) is 34.9 Å². The second kappa shape index (κ2) is 6.59. The van der Waals surface area contributed by atoms with Crippen molar-refractivity contribution in [3.63, 3.8) is 0 Å². The smallest absolute Gasteiger partial charge is 0.246 e. The Bertz CT molecular complexity index is 745. The van der Waals surface area contributed by atoms with Crippen molar-refractivity contribution >= 4 is 5.91 Å². The minimum Gasteiger partial charge on any atom is -0.346 e. The third-order valence-corrected chi connectivity index (χ3v) is 5.61. The van der Waals surface area contributed by atoms with Crippen LogP contribution in [0.2, 0.25) is 0 Å². The third kappa shape index (κ3) is 3.18. The first-order chi connectivity index (χ1) is 12.2. The predicted octanol–water partition coefficient (Wildman–Crippen LogP) is 2.30. The van der Waals surface area contributed by atoms with Crippen molar-refractivity contribution in [1.29, 1.82) is 0 Å². The summed E-state index contributed by atoms with van der Waals surface area (Å²) >= 11 is 0. The van der Waals surface area contributed by atoms with Crippen LogP contribution < -0.4 is 5.32 Å². The number of likely N-dealkylation sites (tertiary alicyclic amines) is 1. The zero-order valence-electron chi connectivity index (χ0n) is 14.6. The van der Waals surface area contributed by atoms with Crippen LogP contribution in [0, 0.1) is 18.3 Å². The zero-order chi connectivity index (χ0) is 17.3. The van der Waals surface area contributed by atoms with E-state index in [4.69, 9.17) is 4.52 Å². The Labute approximate surface area is 147 Å². The fourth-order valence-electron chi connectivity index (χ4n) is 4.47. The average molecular weight is 340 g/mol. The lowest BCUT2D eigenvalue weighted by Crippen LogP contribution is -2.44. The molecule has 25 heavy (non-hydrogen) atoms. The molecule has 6 heteroatoms. The highest BCUT2D eigenvalue weighted by molar-refractivity contribution is 5.84. The lowest BCUT2D eigenvalue weighted by atomic mass is 9.80. The topological polar surface area (TPSA) is 71.3 Å². The van der Waals surface area contributed by atoms with E-state index in [9.17, 15) is 4.79 Å². The van der Waals surface area contributed by atoms with Crippen LogP contribution in [0.4, 0.5) is 0 Å². The summed E-state index contributed by atoms with van der Waals surface area (Å²) in [6.45, 7) is 4.84. The van der Waals surface area contributed by atoms with E-state index in [0.717, 1.165) is 38.9 Å². The number of rotatable bonds is 5. The van der Waals surface area contributed by atoms with E-state index in [-0.39, 0.29) is 11.3 Å². The molecule has 0 spiro atoms. The number of carbonyl (C=O) groups is 1. The Morgan fingerprint density at radius 2 is 2.24 bits per heavy atom. The molecule has 1 aliphatic carbocycles. The normalized spacial score (nSPS) is 25.9. The van der Waals surface area contributed by atoms with E-state index in [1.54, 1.807) is 6.92 Å². The molecule has 1 aromatic carbocycles. The number of hydrogen-bond acceptors (Lipinski definition) is 5. The van der Waals surface area contributed by atoms with Crippen LogP contribution >= 0.6 is 0 Å². The maximum atomic E-state index is 13.0. The Balaban J connectivity index is 1.42. The Morgan fingerprint density at radius 1 is 1.40 bits per heavy atom. The van der Waals surface area contributed by atoms with Gasteiger partial charge in [0.15, 0.2) is 5.82 Å². The fourth-order valence-corrected chi connectivity index (χ4v) is 4.47. The van der Waals surface area contributed by atoms with Crippen molar-refractivity contribution in [3.8, 4) is 0 Å². The van der Waals surface area contributed by atoms with E-state index in [1.165, 1.54) is 5.56 Å². The van der Waals surface area contributed by atoms with Gasteiger partial charge in [-0.25, -0.2) is 0 Å². The molecule has 1 amide bonds. The van der Waals surface area contributed by atoms with Crippen LogP contribution in [-0.4, -0.2) is 34.0 Å². The number of amides is 1. The van der Waals surface area contributed by atoms with Gasteiger partial charge in [0.05, 0.1) is 12.0 Å². The molecule has 0 unspecified atom stereocenters. The van der Waals surface area contributed by atoms with Crippen LogP contribution in [0.1, 0.15) is 36.5 Å². The first-order valence-corrected chi connectivity index (χ1v) is 8.99. The molecule has 2 fully saturated rings. The molecule has 132 valence electrons. The number of aromatic nitrogens is 2. The van der Waals surface area contributed by atoms with Gasteiger partial charge < -0.3 is 9.84 Å². The number of carbonyl (C=O) groups excluding carboxylic acids is 1. The summed E-state index contributed by atoms with van der Waals surface area (Å²) in [5.74, 6) is 1.65. The van der Waals surface area contributed by atoms with Crippen LogP contribution in [0.25, 0.3) is 0 Å². The lowest BCUT2D eigenvalue weighted by molar-refractivity contribution is -0.131. The van der Waals surface area contributed by atoms with Gasteiger partial charge in [-0.3, -0.25) is 9.69 Å². The summed E-state index contributed by atoms with van der Waals surface area (Å²) in [5, 5.41) is 6.81. The number of benzene rings is 1. The zero-order valence-corrected chi connectivity index (χ0v) is 14.6. The summed E-state index contributed by atoms with van der Waals surface area (Å²) in [4.78, 5) is 19.6. The van der Waals surface area contributed by atoms with Gasteiger partial charge in [-0.15, -0.1) is 0 Å². The van der Waals surface area contributed by atoms with Gasteiger partial charge in [0.25, 0.3) is 0 Å². The van der Waals surface area contributed by atoms with Crippen molar-refractivity contribution in [1.82, 2.24) is 20.4 Å². The van der Waals surface area contributed by atoms with Gasteiger partial charge in [0, 0.05) is 19.6 Å². The van der Waals surface area contributed by atoms with E-state index >= 15 is 0 Å². The minimum atomic E-state index is -0.260. The van der Waals surface area contributed by atoms with Gasteiger partial charge in [-0.05, 0) is 31.2 Å². The number of fused-ring (bicyclic) bond motifs is 1. The van der Waals surface area contributed by atoms with Gasteiger partial charge in [-0.1, -0.05) is 41.9 Å². The summed E-state index contributed by atoms with van der Waals surface area (Å²) in [7, 11) is 0. The van der Waals surface area contributed by atoms with Crippen LogP contribution in [-0.2, 0) is 17.9 Å². The Morgan fingerprint density at radius 3 is 3.00 bits per heavy atom. The molecule has 2 atom stereocenters. The van der Waals surface area contributed by atoms with Crippen molar-refractivity contribution in [2.24, 2.45) is 11.3 Å². The molecule has 6 nitrogen and oxygen atoms in total. The molecule has 2 aliphatic rings. The van der Waals surface area contributed by atoms with E-state index in [1.807, 2.05) is 6.07 Å². The van der Waals surface area contributed by atoms with Crippen LogP contribution in [0.5, 0.6) is 0 Å². The van der Waals surface area contributed by atoms with Crippen molar-refractivity contribution < 1.29 is 9.32 Å². The minimum absolute atomic E-state index is 0.140. The molecule has 1 N–H and O–H groups in total. The molecular formula is C19H24N4O2. The quantitative estimate of drug-likeness (QED) is 0.904. The number of aryl methyl sites for hydroxylation is 1. The van der Waals surface area contributed by atoms with E-state index in [2.05, 4.69) is 44.6 Å². The first kappa shape index (κ1) is 16.3. The standard InChI is InChI=1S/C19H24N4O2/c1-14-21-17(25-22-14)10-20-18(24)19-9-5-8-16(19)12-23(13-19)11-15-6-3-2-4-7-15/h2-4,6-7,16H,5,8-13H2,1H3,(H,20,24)/t16-,19-/m1/s1. The molecule has 0 bridgehead atoms. The maximum absolute atomic E-state index is 13.0. The summed E-state index contributed by atoms with van der Waals surface area (Å²) in [5.41, 5.74) is 1.04. The maximum Gasteiger partial charge on any atom is 0.246 e. The number of nitrogens with zero attached hydrogens (tertiary/aromatic N) is 3. The molecule has 1 saturated carbocycles. The van der Waals surface area contributed by atoms with Gasteiger partial charge in [-0.2, -0.15) is 4.98 Å². The molecular weight excluding hydrogens is 316 g/mol. The number of hydrogen-bond donors (Lipinski definition) is 1. The Kier molecular flexibility index (Phi) is 4.29. The first-order valence-electron chi connectivity index (χ1n) is 8.99. The molecule has 2 heterocycles. The molecule has 1 saturated heterocycles. The largest absolute Gasteiger partial charge is 0.346 e.